The van der Waals surface area contributed by atoms with Gasteiger partial charge in [-0.05, 0) is 28.9 Å². The van der Waals surface area contributed by atoms with Crippen LogP contribution in [0.2, 0.25) is 0 Å². The summed E-state index contributed by atoms with van der Waals surface area (Å²) < 4.78 is 52.2. The second-order valence-corrected chi connectivity index (χ2v) is 6.13. The molecular formula is C11H10BrF2NO2S. The third-order valence-corrected chi connectivity index (χ3v) is 4.57. The van der Waals surface area contributed by atoms with Crippen LogP contribution in [-0.2, 0) is 10.0 Å². The van der Waals surface area contributed by atoms with Gasteiger partial charge in [0.15, 0.2) is 0 Å². The predicted molar refractivity (Wildman–Crippen MR) is 67.3 cm³/mol. The summed E-state index contributed by atoms with van der Waals surface area (Å²) >= 11 is 2.82. The van der Waals surface area contributed by atoms with Gasteiger partial charge in [-0.25, -0.2) is 21.9 Å². The Labute approximate surface area is 113 Å². The van der Waals surface area contributed by atoms with Crippen LogP contribution in [0.4, 0.5) is 8.78 Å². The number of terminal acetylenes is 1. The molecule has 1 aromatic rings. The minimum Gasteiger partial charge on any atom is -0.207 e. The summed E-state index contributed by atoms with van der Waals surface area (Å²) in [6.45, 7) is 1.55. The molecule has 1 aromatic carbocycles. The van der Waals surface area contributed by atoms with Gasteiger partial charge in [-0.15, -0.1) is 12.3 Å². The maximum absolute atomic E-state index is 13.5. The van der Waals surface area contributed by atoms with E-state index in [4.69, 9.17) is 6.42 Å². The monoisotopic (exact) mass is 337 g/mol. The molecule has 1 N–H and O–H groups in total. The van der Waals surface area contributed by atoms with Gasteiger partial charge in [0, 0.05) is 23.0 Å². The molecule has 7 heteroatoms. The summed E-state index contributed by atoms with van der Waals surface area (Å²) in [6, 6.07) is 0.839. The second kappa shape index (κ2) is 5.78. The Balaban J connectivity index is 3.18. The van der Waals surface area contributed by atoms with Crippen molar-refractivity contribution in [3.8, 4) is 12.3 Å². The van der Waals surface area contributed by atoms with E-state index in [1.54, 1.807) is 6.92 Å². The van der Waals surface area contributed by atoms with E-state index >= 15 is 0 Å². The van der Waals surface area contributed by atoms with Gasteiger partial charge in [0.05, 0.1) is 0 Å². The average molecular weight is 338 g/mol. The molecule has 0 aliphatic carbocycles. The van der Waals surface area contributed by atoms with Crippen molar-refractivity contribution in [3.63, 3.8) is 0 Å². The first-order valence-corrected chi connectivity index (χ1v) is 7.16. The fourth-order valence-corrected chi connectivity index (χ4v) is 3.74. The predicted octanol–water partition coefficient (Wildman–Crippen LogP) is 2.42. The summed E-state index contributed by atoms with van der Waals surface area (Å²) in [5.41, 5.74) is 0. The SMILES string of the molecule is C#CCC(C)NS(=O)(=O)c1c(F)cc(F)cc1Br. The van der Waals surface area contributed by atoms with E-state index < -0.39 is 32.6 Å². The lowest BCUT2D eigenvalue weighted by Crippen LogP contribution is -2.33. The standard InChI is InChI=1S/C11H10BrF2NO2S/c1-3-4-7(2)15-18(16,17)11-9(12)5-8(13)6-10(11)14/h1,5-7,15H,4H2,2H3. The molecule has 0 saturated heterocycles. The van der Waals surface area contributed by atoms with Crippen molar-refractivity contribution >= 4 is 26.0 Å². The molecule has 1 rings (SSSR count). The molecule has 98 valence electrons. The smallest absolute Gasteiger partial charge is 0.207 e. The maximum Gasteiger partial charge on any atom is 0.244 e. The molecule has 0 aliphatic heterocycles. The van der Waals surface area contributed by atoms with Crippen LogP contribution in [0.25, 0.3) is 0 Å². The van der Waals surface area contributed by atoms with Gasteiger partial charge in [0.25, 0.3) is 0 Å². The van der Waals surface area contributed by atoms with Gasteiger partial charge >= 0.3 is 0 Å². The first-order chi connectivity index (χ1) is 8.27. The van der Waals surface area contributed by atoms with Crippen LogP contribution in [0.3, 0.4) is 0 Å². The van der Waals surface area contributed by atoms with E-state index in [1.807, 2.05) is 0 Å². The van der Waals surface area contributed by atoms with E-state index in [2.05, 4.69) is 26.6 Å². The highest BCUT2D eigenvalue weighted by Gasteiger charge is 2.24. The van der Waals surface area contributed by atoms with Gasteiger partial charge in [0.1, 0.15) is 16.5 Å². The van der Waals surface area contributed by atoms with Gasteiger partial charge in [-0.1, -0.05) is 0 Å². The third kappa shape index (κ3) is 3.51. The molecule has 3 nitrogen and oxygen atoms in total. The summed E-state index contributed by atoms with van der Waals surface area (Å²) in [4.78, 5) is -0.632. The van der Waals surface area contributed by atoms with Crippen molar-refractivity contribution < 1.29 is 17.2 Å². The molecule has 18 heavy (non-hydrogen) atoms. The van der Waals surface area contributed by atoms with Crippen LogP contribution >= 0.6 is 15.9 Å². The Hall–Kier alpha value is -0.970. The van der Waals surface area contributed by atoms with Crippen LogP contribution in [0.1, 0.15) is 13.3 Å². The normalized spacial score (nSPS) is 13.1. The number of hydrogen-bond donors (Lipinski definition) is 1. The van der Waals surface area contributed by atoms with Crippen molar-refractivity contribution in [2.45, 2.75) is 24.3 Å². The first kappa shape index (κ1) is 15.1. The fourth-order valence-electron chi connectivity index (χ4n) is 1.33. The molecule has 0 bridgehead atoms. The molecule has 0 heterocycles. The van der Waals surface area contributed by atoms with Gasteiger partial charge in [-0.2, -0.15) is 0 Å². The van der Waals surface area contributed by atoms with E-state index in [0.717, 1.165) is 6.07 Å². The lowest BCUT2D eigenvalue weighted by Gasteiger charge is -2.13. The Kier molecular flexibility index (Phi) is 4.85. The number of sulfonamides is 1. The zero-order valence-corrected chi connectivity index (χ0v) is 11.8. The molecule has 0 saturated carbocycles. The molecule has 1 unspecified atom stereocenters. The van der Waals surface area contributed by atoms with Crippen molar-refractivity contribution in [1.82, 2.24) is 4.72 Å². The van der Waals surface area contributed by atoms with Gasteiger partial charge < -0.3 is 0 Å². The second-order valence-electron chi connectivity index (χ2n) is 3.63. The number of nitrogens with one attached hydrogen (secondary N) is 1. The fraction of sp³-hybridized carbons (Fsp3) is 0.273. The lowest BCUT2D eigenvalue weighted by atomic mass is 10.3. The van der Waals surface area contributed by atoms with E-state index in [9.17, 15) is 17.2 Å². The highest BCUT2D eigenvalue weighted by atomic mass is 79.9. The third-order valence-electron chi connectivity index (χ3n) is 2.01. The summed E-state index contributed by atoms with van der Waals surface area (Å²) in [7, 11) is -4.09. The van der Waals surface area contributed by atoms with Crippen LogP contribution in [0, 0.1) is 24.0 Å². The Bertz CT molecular complexity index is 573. The van der Waals surface area contributed by atoms with Crippen molar-refractivity contribution in [3.05, 3.63) is 28.2 Å². The molecular weight excluding hydrogens is 328 g/mol. The molecule has 0 spiro atoms. The Morgan fingerprint density at radius 1 is 1.50 bits per heavy atom. The maximum atomic E-state index is 13.5. The average Bonchev–Trinajstić information content (AvgIpc) is 2.13. The Morgan fingerprint density at radius 3 is 2.61 bits per heavy atom. The number of benzene rings is 1. The highest BCUT2D eigenvalue weighted by Crippen LogP contribution is 2.26. The van der Waals surface area contributed by atoms with Crippen LogP contribution in [0.5, 0.6) is 0 Å². The van der Waals surface area contributed by atoms with Crippen molar-refractivity contribution in [1.29, 1.82) is 0 Å². The zero-order chi connectivity index (χ0) is 13.9. The van der Waals surface area contributed by atoms with Crippen molar-refractivity contribution in [2.75, 3.05) is 0 Å². The van der Waals surface area contributed by atoms with Crippen LogP contribution in [-0.4, -0.2) is 14.5 Å². The molecule has 0 aromatic heterocycles. The minimum atomic E-state index is -4.09. The molecule has 0 radical (unpaired) electrons. The molecule has 0 amide bonds. The number of halogens is 3. The molecule has 0 aliphatic rings. The van der Waals surface area contributed by atoms with E-state index in [1.165, 1.54) is 0 Å². The number of hydrogen-bond acceptors (Lipinski definition) is 2. The lowest BCUT2D eigenvalue weighted by molar-refractivity contribution is 0.533. The van der Waals surface area contributed by atoms with E-state index in [0.29, 0.717) is 6.07 Å². The topological polar surface area (TPSA) is 46.2 Å². The number of rotatable bonds is 4. The zero-order valence-electron chi connectivity index (χ0n) is 9.38. The highest BCUT2D eigenvalue weighted by molar-refractivity contribution is 9.10. The first-order valence-electron chi connectivity index (χ1n) is 4.88. The van der Waals surface area contributed by atoms with Crippen molar-refractivity contribution in [2.24, 2.45) is 0 Å². The molecule has 0 fully saturated rings. The summed E-state index contributed by atoms with van der Waals surface area (Å²) in [5, 5.41) is 0. The largest absolute Gasteiger partial charge is 0.244 e. The van der Waals surface area contributed by atoms with Crippen LogP contribution < -0.4 is 4.72 Å². The summed E-state index contributed by atoms with van der Waals surface area (Å²) in [6.07, 6.45) is 5.22. The minimum absolute atomic E-state index is 0.166. The van der Waals surface area contributed by atoms with Gasteiger partial charge in [0.2, 0.25) is 10.0 Å². The van der Waals surface area contributed by atoms with Crippen LogP contribution in [0.15, 0.2) is 21.5 Å². The molecule has 1 atom stereocenters. The Morgan fingerprint density at radius 2 is 2.11 bits per heavy atom. The summed E-state index contributed by atoms with van der Waals surface area (Å²) in [5.74, 6) is 0.257. The van der Waals surface area contributed by atoms with Gasteiger partial charge in [-0.3, -0.25) is 0 Å². The van der Waals surface area contributed by atoms with E-state index in [-0.39, 0.29) is 10.9 Å². The quantitative estimate of drug-likeness (QED) is 0.857.